The van der Waals surface area contributed by atoms with Crippen LogP contribution in [0.5, 0.6) is 5.75 Å². The summed E-state index contributed by atoms with van der Waals surface area (Å²) in [7, 11) is 0. The number of nitrogens with zero attached hydrogens (tertiary/aromatic N) is 2. The van der Waals surface area contributed by atoms with E-state index in [0.717, 1.165) is 41.9 Å². The van der Waals surface area contributed by atoms with E-state index in [-0.39, 0.29) is 24.0 Å². The highest BCUT2D eigenvalue weighted by molar-refractivity contribution is 14.0. The lowest BCUT2D eigenvalue weighted by molar-refractivity contribution is 0.322. The van der Waals surface area contributed by atoms with Gasteiger partial charge < -0.3 is 15.4 Å². The van der Waals surface area contributed by atoms with Gasteiger partial charge in [0.05, 0.1) is 17.2 Å². The summed E-state index contributed by atoms with van der Waals surface area (Å²) in [6.07, 6.45) is 0.871. The molecular weight excluding hydrogens is 447 g/mol. The van der Waals surface area contributed by atoms with Gasteiger partial charge >= 0.3 is 0 Å². The van der Waals surface area contributed by atoms with Gasteiger partial charge in [-0.25, -0.2) is 4.98 Å². The number of nitrogens with one attached hydrogen (secondary N) is 2. The number of ether oxygens (including phenoxy) is 1. The quantitative estimate of drug-likeness (QED) is 0.266. The zero-order chi connectivity index (χ0) is 17.2. The molecule has 25 heavy (non-hydrogen) atoms. The molecule has 0 aliphatic rings. The lowest BCUT2D eigenvalue weighted by atomic mass is 10.3. The van der Waals surface area contributed by atoms with Crippen LogP contribution in [0, 0.1) is 13.8 Å². The first-order valence-electron chi connectivity index (χ1n) is 8.32. The number of benzene rings is 1. The fraction of sp³-hybridized carbons (Fsp3) is 0.444. The molecule has 0 aliphatic carbocycles. The van der Waals surface area contributed by atoms with Gasteiger partial charge in [-0.1, -0.05) is 18.2 Å². The monoisotopic (exact) mass is 474 g/mol. The Morgan fingerprint density at radius 3 is 2.60 bits per heavy atom. The first-order chi connectivity index (χ1) is 11.7. The van der Waals surface area contributed by atoms with Gasteiger partial charge in [0.25, 0.3) is 0 Å². The average molecular weight is 474 g/mol. The van der Waals surface area contributed by atoms with E-state index in [1.165, 1.54) is 4.88 Å². The molecule has 0 saturated heterocycles. The minimum Gasteiger partial charge on any atom is -0.492 e. The molecule has 1 heterocycles. The smallest absolute Gasteiger partial charge is 0.191 e. The molecule has 0 amide bonds. The third-order valence-corrected chi connectivity index (χ3v) is 4.55. The Morgan fingerprint density at radius 2 is 1.96 bits per heavy atom. The van der Waals surface area contributed by atoms with Crippen molar-refractivity contribution >= 4 is 41.3 Å². The summed E-state index contributed by atoms with van der Waals surface area (Å²) in [6, 6.07) is 9.83. The highest BCUT2D eigenvalue weighted by Crippen LogP contribution is 2.16. The third kappa shape index (κ3) is 8.04. The molecule has 1 aromatic heterocycles. The molecule has 0 spiro atoms. The molecule has 0 fully saturated rings. The summed E-state index contributed by atoms with van der Waals surface area (Å²) in [5.74, 6) is 1.70. The molecule has 2 aromatic rings. The largest absolute Gasteiger partial charge is 0.492 e. The van der Waals surface area contributed by atoms with E-state index in [9.17, 15) is 0 Å². The van der Waals surface area contributed by atoms with Crippen molar-refractivity contribution in [1.29, 1.82) is 0 Å². The molecule has 0 bridgehead atoms. The minimum atomic E-state index is 0. The Morgan fingerprint density at radius 1 is 1.20 bits per heavy atom. The maximum Gasteiger partial charge on any atom is 0.191 e. The number of aromatic nitrogens is 1. The second-order valence-corrected chi connectivity index (χ2v) is 6.64. The van der Waals surface area contributed by atoms with Gasteiger partial charge in [-0.3, -0.25) is 4.99 Å². The van der Waals surface area contributed by atoms with E-state index in [2.05, 4.69) is 41.4 Å². The number of para-hydroxylation sites is 1. The molecule has 7 heteroatoms. The van der Waals surface area contributed by atoms with Crippen LogP contribution in [-0.4, -0.2) is 37.2 Å². The average Bonchev–Trinajstić information content (AvgIpc) is 2.90. The van der Waals surface area contributed by atoms with Crippen LogP contribution in [0.3, 0.4) is 0 Å². The second-order valence-electron chi connectivity index (χ2n) is 5.35. The summed E-state index contributed by atoms with van der Waals surface area (Å²) in [5, 5.41) is 7.69. The summed E-state index contributed by atoms with van der Waals surface area (Å²) < 4.78 is 5.67. The Balaban J connectivity index is 0.00000312. The number of rotatable bonds is 8. The van der Waals surface area contributed by atoms with Crippen LogP contribution in [0.1, 0.15) is 22.5 Å². The van der Waals surface area contributed by atoms with E-state index in [4.69, 9.17) is 4.74 Å². The highest BCUT2D eigenvalue weighted by Gasteiger charge is 2.03. The first kappa shape index (κ1) is 21.7. The van der Waals surface area contributed by atoms with E-state index >= 15 is 0 Å². The van der Waals surface area contributed by atoms with Crippen molar-refractivity contribution < 1.29 is 4.74 Å². The fourth-order valence-corrected chi connectivity index (χ4v) is 3.03. The number of aryl methyl sites for hydroxylation is 2. The van der Waals surface area contributed by atoms with Crippen LogP contribution in [0.15, 0.2) is 35.3 Å². The van der Waals surface area contributed by atoms with Gasteiger partial charge in [0.1, 0.15) is 12.4 Å². The number of guanidine groups is 1. The van der Waals surface area contributed by atoms with Crippen molar-refractivity contribution in [2.45, 2.75) is 27.2 Å². The number of thiazole rings is 1. The van der Waals surface area contributed by atoms with Crippen LogP contribution in [0.2, 0.25) is 0 Å². The number of hydrogen-bond acceptors (Lipinski definition) is 4. The van der Waals surface area contributed by atoms with Crippen LogP contribution < -0.4 is 15.4 Å². The lowest BCUT2D eigenvalue weighted by Gasteiger charge is -2.12. The second kappa shape index (κ2) is 12.1. The zero-order valence-corrected chi connectivity index (χ0v) is 18.2. The van der Waals surface area contributed by atoms with Gasteiger partial charge in [0.2, 0.25) is 0 Å². The number of hydrogen-bond donors (Lipinski definition) is 2. The van der Waals surface area contributed by atoms with Crippen LogP contribution >= 0.6 is 35.3 Å². The highest BCUT2D eigenvalue weighted by atomic mass is 127. The predicted octanol–water partition coefficient (Wildman–Crippen LogP) is 3.55. The third-order valence-electron chi connectivity index (χ3n) is 3.42. The summed E-state index contributed by atoms with van der Waals surface area (Å²) in [4.78, 5) is 10.4. The molecule has 0 radical (unpaired) electrons. The van der Waals surface area contributed by atoms with Crippen LogP contribution in [0.25, 0.3) is 0 Å². The van der Waals surface area contributed by atoms with Crippen LogP contribution in [0.4, 0.5) is 0 Å². The van der Waals surface area contributed by atoms with Gasteiger partial charge in [-0.2, -0.15) is 0 Å². The van der Waals surface area contributed by atoms with E-state index in [1.54, 1.807) is 11.3 Å². The topological polar surface area (TPSA) is 58.5 Å². The standard InChI is InChI=1S/C18H26N4OS.HI/c1-4-19-18(20-11-10-17-22-14(2)15(3)24-17)21-12-13-23-16-8-6-5-7-9-16;/h5-9H,4,10-13H2,1-3H3,(H2,19,20,21);1H. The van der Waals surface area contributed by atoms with Crippen molar-refractivity contribution in [1.82, 2.24) is 15.6 Å². The molecule has 138 valence electrons. The molecule has 0 atom stereocenters. The number of aliphatic imine (C=N–C) groups is 1. The Labute approximate surface area is 171 Å². The lowest BCUT2D eigenvalue weighted by Crippen LogP contribution is -2.39. The first-order valence-corrected chi connectivity index (χ1v) is 9.13. The van der Waals surface area contributed by atoms with E-state index < -0.39 is 0 Å². The molecular formula is C18H27IN4OS. The van der Waals surface area contributed by atoms with E-state index in [0.29, 0.717) is 13.2 Å². The molecule has 1 aromatic carbocycles. The summed E-state index contributed by atoms with van der Waals surface area (Å²) in [5.41, 5.74) is 1.13. The van der Waals surface area contributed by atoms with Gasteiger partial charge in [0, 0.05) is 24.4 Å². The van der Waals surface area contributed by atoms with Gasteiger partial charge in [0.15, 0.2) is 5.96 Å². The van der Waals surface area contributed by atoms with Crippen molar-refractivity contribution in [3.8, 4) is 5.75 Å². The Bertz CT molecular complexity index is 626. The normalized spacial score (nSPS) is 10.9. The predicted molar refractivity (Wildman–Crippen MR) is 117 cm³/mol. The molecule has 0 unspecified atom stereocenters. The molecule has 0 saturated carbocycles. The van der Waals surface area contributed by atoms with Crippen molar-refractivity contribution in [2.24, 2.45) is 4.99 Å². The molecule has 5 nitrogen and oxygen atoms in total. The zero-order valence-electron chi connectivity index (χ0n) is 15.0. The van der Waals surface area contributed by atoms with Crippen molar-refractivity contribution in [3.63, 3.8) is 0 Å². The van der Waals surface area contributed by atoms with Crippen LogP contribution in [-0.2, 0) is 6.42 Å². The Kier molecular flexibility index (Phi) is 10.5. The van der Waals surface area contributed by atoms with Crippen molar-refractivity contribution in [2.75, 3.05) is 26.2 Å². The molecule has 2 rings (SSSR count). The molecule has 2 N–H and O–H groups in total. The summed E-state index contributed by atoms with van der Waals surface area (Å²) in [6.45, 7) is 9.08. The maximum absolute atomic E-state index is 5.67. The van der Waals surface area contributed by atoms with Gasteiger partial charge in [-0.05, 0) is 32.9 Å². The maximum atomic E-state index is 5.67. The SMILES string of the molecule is CCNC(=NCCc1nc(C)c(C)s1)NCCOc1ccccc1.I. The minimum absolute atomic E-state index is 0. The molecule has 0 aliphatic heterocycles. The van der Waals surface area contributed by atoms with Crippen molar-refractivity contribution in [3.05, 3.63) is 45.9 Å². The Hall–Kier alpha value is -1.35. The van der Waals surface area contributed by atoms with Gasteiger partial charge in [-0.15, -0.1) is 35.3 Å². The van der Waals surface area contributed by atoms with E-state index in [1.807, 2.05) is 30.3 Å². The number of halogens is 1. The summed E-state index contributed by atoms with van der Waals surface area (Å²) >= 11 is 1.76. The fourth-order valence-electron chi connectivity index (χ4n) is 2.11.